The third kappa shape index (κ3) is 2.22. The Balaban J connectivity index is 1.68. The van der Waals surface area contributed by atoms with Gasteiger partial charge in [0, 0.05) is 32.1 Å². The maximum Gasteiger partial charge on any atom is 0.224 e. The number of halogens is 1. The summed E-state index contributed by atoms with van der Waals surface area (Å²) in [5.41, 5.74) is 0. The molecule has 92 valence electrons. The van der Waals surface area contributed by atoms with Gasteiger partial charge in [0.1, 0.15) is 5.82 Å². The molecule has 0 atom stereocenters. The zero-order valence-corrected chi connectivity index (χ0v) is 10.2. The molecule has 0 aromatic carbocycles. The van der Waals surface area contributed by atoms with Crippen molar-refractivity contribution >= 4 is 17.4 Å². The lowest BCUT2D eigenvalue weighted by atomic mass is 10.0. The molecule has 2 aliphatic heterocycles. The summed E-state index contributed by atoms with van der Waals surface area (Å²) in [6, 6.07) is 1.88. The van der Waals surface area contributed by atoms with Gasteiger partial charge in [0.2, 0.25) is 5.28 Å². The first kappa shape index (κ1) is 11.2. The summed E-state index contributed by atoms with van der Waals surface area (Å²) in [7, 11) is 0. The second-order valence-electron chi connectivity index (χ2n) is 4.28. The Morgan fingerprint density at radius 2 is 1.94 bits per heavy atom. The van der Waals surface area contributed by atoms with Crippen molar-refractivity contribution in [2.45, 2.75) is 18.6 Å². The number of rotatable bonds is 1. The van der Waals surface area contributed by atoms with Crippen molar-refractivity contribution in [3.8, 4) is 0 Å². The highest BCUT2D eigenvalue weighted by atomic mass is 35.5. The van der Waals surface area contributed by atoms with E-state index in [1.54, 1.807) is 6.20 Å². The van der Waals surface area contributed by atoms with Crippen molar-refractivity contribution in [3.05, 3.63) is 17.5 Å². The zero-order chi connectivity index (χ0) is 11.7. The van der Waals surface area contributed by atoms with E-state index < -0.39 is 0 Å². The highest BCUT2D eigenvalue weighted by molar-refractivity contribution is 6.28. The van der Waals surface area contributed by atoms with E-state index in [1.165, 1.54) is 0 Å². The maximum absolute atomic E-state index is 5.79. The summed E-state index contributed by atoms with van der Waals surface area (Å²) >= 11 is 5.79. The third-order valence-electron chi connectivity index (χ3n) is 3.27. The second-order valence-corrected chi connectivity index (χ2v) is 4.62. The van der Waals surface area contributed by atoms with Crippen LogP contribution < -0.4 is 4.90 Å². The zero-order valence-electron chi connectivity index (χ0n) is 9.43. The molecule has 1 spiro atoms. The average molecular weight is 256 g/mol. The Morgan fingerprint density at radius 1 is 1.24 bits per heavy atom. The normalized spacial score (nSPS) is 23.2. The predicted octanol–water partition coefficient (Wildman–Crippen LogP) is 1.47. The smallest absolute Gasteiger partial charge is 0.224 e. The molecule has 3 heterocycles. The van der Waals surface area contributed by atoms with Crippen molar-refractivity contribution in [2.24, 2.45) is 0 Å². The fourth-order valence-electron chi connectivity index (χ4n) is 2.36. The molecule has 0 amide bonds. The number of ether oxygens (including phenoxy) is 2. The molecule has 6 heteroatoms. The van der Waals surface area contributed by atoms with Crippen LogP contribution in [0.15, 0.2) is 12.3 Å². The molecule has 0 N–H and O–H groups in total. The minimum absolute atomic E-state index is 0.288. The number of anilines is 1. The van der Waals surface area contributed by atoms with Gasteiger partial charge in [-0.1, -0.05) is 0 Å². The van der Waals surface area contributed by atoms with Gasteiger partial charge in [0.25, 0.3) is 0 Å². The van der Waals surface area contributed by atoms with Crippen molar-refractivity contribution in [3.63, 3.8) is 0 Å². The first-order chi connectivity index (χ1) is 8.27. The van der Waals surface area contributed by atoms with Crippen molar-refractivity contribution in [2.75, 3.05) is 31.2 Å². The molecule has 0 radical (unpaired) electrons. The first-order valence-corrected chi connectivity index (χ1v) is 6.17. The van der Waals surface area contributed by atoms with E-state index in [-0.39, 0.29) is 11.1 Å². The fraction of sp³-hybridized carbons (Fsp3) is 0.636. The van der Waals surface area contributed by atoms with Crippen molar-refractivity contribution in [1.29, 1.82) is 0 Å². The lowest BCUT2D eigenvalue weighted by Gasteiger charge is -2.38. The molecule has 1 aromatic heterocycles. The molecule has 2 aliphatic rings. The lowest BCUT2D eigenvalue weighted by molar-refractivity contribution is -0.169. The SMILES string of the molecule is Clc1nccc(N2CCC3(CC2)OCCO3)n1. The van der Waals surface area contributed by atoms with Crippen molar-refractivity contribution in [1.82, 2.24) is 9.97 Å². The van der Waals surface area contributed by atoms with Crippen LogP contribution in [0.2, 0.25) is 5.28 Å². The maximum atomic E-state index is 5.79. The second kappa shape index (κ2) is 4.40. The van der Waals surface area contributed by atoms with Crippen LogP contribution in [-0.2, 0) is 9.47 Å². The molecule has 5 nitrogen and oxygen atoms in total. The molecule has 2 fully saturated rings. The molecule has 0 aliphatic carbocycles. The highest BCUT2D eigenvalue weighted by Gasteiger charge is 2.39. The van der Waals surface area contributed by atoms with Crippen LogP contribution in [0.3, 0.4) is 0 Å². The molecule has 0 bridgehead atoms. The first-order valence-electron chi connectivity index (χ1n) is 5.79. The van der Waals surface area contributed by atoms with E-state index in [2.05, 4.69) is 14.9 Å². The quantitative estimate of drug-likeness (QED) is 0.712. The van der Waals surface area contributed by atoms with E-state index in [4.69, 9.17) is 21.1 Å². The van der Waals surface area contributed by atoms with Crippen LogP contribution >= 0.6 is 11.6 Å². The fourth-order valence-corrected chi connectivity index (χ4v) is 2.51. The lowest BCUT2D eigenvalue weighted by Crippen LogP contribution is -2.45. The Kier molecular flexibility index (Phi) is 2.90. The predicted molar refractivity (Wildman–Crippen MR) is 63.1 cm³/mol. The van der Waals surface area contributed by atoms with Gasteiger partial charge in [0.05, 0.1) is 13.2 Å². The van der Waals surface area contributed by atoms with E-state index in [1.807, 2.05) is 6.07 Å². The number of aromatic nitrogens is 2. The standard InChI is InChI=1S/C11H14ClN3O2/c12-10-13-4-1-9(14-10)15-5-2-11(3-6-15)16-7-8-17-11/h1,4H,2-3,5-8H2. The molecule has 17 heavy (non-hydrogen) atoms. The van der Waals surface area contributed by atoms with Crippen molar-refractivity contribution < 1.29 is 9.47 Å². The minimum atomic E-state index is -0.340. The van der Waals surface area contributed by atoms with Crippen LogP contribution in [0.5, 0.6) is 0 Å². The molecule has 2 saturated heterocycles. The van der Waals surface area contributed by atoms with Crippen LogP contribution in [0.4, 0.5) is 5.82 Å². The van der Waals surface area contributed by atoms with E-state index >= 15 is 0 Å². The minimum Gasteiger partial charge on any atom is -0.356 e. The number of hydrogen-bond donors (Lipinski definition) is 0. The summed E-state index contributed by atoms with van der Waals surface area (Å²) in [5.74, 6) is 0.533. The van der Waals surface area contributed by atoms with Gasteiger partial charge < -0.3 is 14.4 Å². The van der Waals surface area contributed by atoms with E-state index in [0.29, 0.717) is 13.2 Å². The summed E-state index contributed by atoms with van der Waals surface area (Å²) in [5, 5.41) is 0.288. The van der Waals surface area contributed by atoms with Gasteiger partial charge in [-0.2, -0.15) is 0 Å². The Labute approximate surface area is 105 Å². The van der Waals surface area contributed by atoms with Gasteiger partial charge in [-0.25, -0.2) is 9.97 Å². The topological polar surface area (TPSA) is 47.5 Å². The molecule has 0 saturated carbocycles. The summed E-state index contributed by atoms with van der Waals surface area (Å²) in [6.07, 6.45) is 3.42. The Hall–Kier alpha value is -0.910. The van der Waals surface area contributed by atoms with Crippen LogP contribution in [0, 0.1) is 0 Å². The Bertz CT molecular complexity index is 399. The molecular formula is C11H14ClN3O2. The largest absolute Gasteiger partial charge is 0.356 e. The third-order valence-corrected chi connectivity index (χ3v) is 3.46. The number of hydrogen-bond acceptors (Lipinski definition) is 5. The van der Waals surface area contributed by atoms with Crippen LogP contribution in [0.1, 0.15) is 12.8 Å². The average Bonchev–Trinajstić information content (AvgIpc) is 2.79. The van der Waals surface area contributed by atoms with E-state index in [0.717, 1.165) is 31.7 Å². The van der Waals surface area contributed by atoms with Crippen LogP contribution in [0.25, 0.3) is 0 Å². The molecular weight excluding hydrogens is 242 g/mol. The van der Waals surface area contributed by atoms with Gasteiger partial charge in [0.15, 0.2) is 5.79 Å². The van der Waals surface area contributed by atoms with Crippen LogP contribution in [-0.4, -0.2) is 42.1 Å². The molecule has 3 rings (SSSR count). The monoisotopic (exact) mass is 255 g/mol. The van der Waals surface area contributed by atoms with E-state index in [9.17, 15) is 0 Å². The number of nitrogens with zero attached hydrogens (tertiary/aromatic N) is 3. The molecule has 0 unspecified atom stereocenters. The van der Waals surface area contributed by atoms with Gasteiger partial charge in [-0.05, 0) is 17.7 Å². The van der Waals surface area contributed by atoms with Gasteiger partial charge in [-0.3, -0.25) is 0 Å². The molecule has 1 aromatic rings. The summed E-state index contributed by atoms with van der Waals surface area (Å²) < 4.78 is 11.4. The number of piperidine rings is 1. The Morgan fingerprint density at radius 3 is 2.59 bits per heavy atom. The summed E-state index contributed by atoms with van der Waals surface area (Å²) in [4.78, 5) is 10.3. The summed E-state index contributed by atoms with van der Waals surface area (Å²) in [6.45, 7) is 3.15. The van der Waals surface area contributed by atoms with Gasteiger partial charge >= 0.3 is 0 Å². The van der Waals surface area contributed by atoms with Gasteiger partial charge in [-0.15, -0.1) is 0 Å². The highest BCUT2D eigenvalue weighted by Crippen LogP contribution is 2.32.